The van der Waals surface area contributed by atoms with E-state index in [0.29, 0.717) is 13.1 Å². The van der Waals surface area contributed by atoms with Crippen LogP contribution in [0.25, 0.3) is 0 Å². The van der Waals surface area contributed by atoms with Crippen LogP contribution in [0, 0.1) is 0 Å². The van der Waals surface area contributed by atoms with E-state index < -0.39 is 0 Å². The Balaban J connectivity index is 1.85. The van der Waals surface area contributed by atoms with Crippen LogP contribution in [0.4, 0.5) is 0 Å². The Morgan fingerprint density at radius 2 is 1.92 bits per heavy atom. The van der Waals surface area contributed by atoms with Crippen molar-refractivity contribution in [3.63, 3.8) is 0 Å². The molecule has 0 aliphatic carbocycles. The van der Waals surface area contributed by atoms with E-state index in [2.05, 4.69) is 10.3 Å². The molecule has 0 fully saturated rings. The number of pyridine rings is 1. The van der Waals surface area contributed by atoms with Crippen molar-refractivity contribution >= 4 is 11.8 Å². The maximum Gasteiger partial charge on any atom is 0.222 e. The minimum Gasteiger partial charge on any atom is -0.349 e. The quantitative estimate of drug-likeness (QED) is 0.851. The fourth-order valence-electron chi connectivity index (χ4n) is 2.42. The third-order valence-electron chi connectivity index (χ3n) is 3.83. The van der Waals surface area contributed by atoms with Crippen molar-refractivity contribution < 1.29 is 9.59 Å². The SMILES string of the molecule is CC(=O)N(CCC(=O)N[C@@H](C)c1cccnc1)Cc1ccccc1. The van der Waals surface area contributed by atoms with Crippen LogP contribution in [-0.4, -0.2) is 28.2 Å². The molecular formula is C19H23N3O2. The number of benzene rings is 1. The van der Waals surface area contributed by atoms with Crippen molar-refractivity contribution in [1.29, 1.82) is 0 Å². The van der Waals surface area contributed by atoms with Gasteiger partial charge in [0, 0.05) is 38.8 Å². The summed E-state index contributed by atoms with van der Waals surface area (Å²) in [4.78, 5) is 29.7. The summed E-state index contributed by atoms with van der Waals surface area (Å²) < 4.78 is 0. The summed E-state index contributed by atoms with van der Waals surface area (Å²) in [5, 5.41) is 2.94. The molecule has 2 amide bonds. The highest BCUT2D eigenvalue weighted by molar-refractivity contribution is 5.78. The molecule has 0 saturated heterocycles. The normalized spacial score (nSPS) is 11.6. The molecule has 126 valence electrons. The number of hydrogen-bond acceptors (Lipinski definition) is 3. The van der Waals surface area contributed by atoms with Crippen molar-refractivity contribution in [3.8, 4) is 0 Å². The molecular weight excluding hydrogens is 302 g/mol. The fraction of sp³-hybridized carbons (Fsp3) is 0.316. The summed E-state index contributed by atoms with van der Waals surface area (Å²) in [6.45, 7) is 4.36. The van der Waals surface area contributed by atoms with E-state index in [0.717, 1.165) is 11.1 Å². The van der Waals surface area contributed by atoms with Crippen LogP contribution >= 0.6 is 0 Å². The van der Waals surface area contributed by atoms with E-state index in [1.165, 1.54) is 6.92 Å². The molecule has 1 aromatic carbocycles. The zero-order valence-electron chi connectivity index (χ0n) is 14.1. The van der Waals surface area contributed by atoms with Crippen LogP contribution in [0.5, 0.6) is 0 Å². The average molecular weight is 325 g/mol. The van der Waals surface area contributed by atoms with Gasteiger partial charge < -0.3 is 10.2 Å². The highest BCUT2D eigenvalue weighted by Gasteiger charge is 2.14. The highest BCUT2D eigenvalue weighted by atomic mass is 16.2. The second kappa shape index (κ2) is 8.82. The summed E-state index contributed by atoms with van der Waals surface area (Å²) in [5.41, 5.74) is 2.01. The Morgan fingerprint density at radius 3 is 2.54 bits per heavy atom. The molecule has 1 N–H and O–H groups in total. The van der Waals surface area contributed by atoms with E-state index >= 15 is 0 Å². The van der Waals surface area contributed by atoms with Crippen molar-refractivity contribution in [1.82, 2.24) is 15.2 Å². The third-order valence-corrected chi connectivity index (χ3v) is 3.83. The molecule has 0 saturated carbocycles. The summed E-state index contributed by atoms with van der Waals surface area (Å²) in [6, 6.07) is 13.4. The second-order valence-electron chi connectivity index (χ2n) is 5.75. The van der Waals surface area contributed by atoms with Crippen LogP contribution in [0.1, 0.15) is 37.4 Å². The molecule has 1 heterocycles. The lowest BCUT2D eigenvalue weighted by Gasteiger charge is -2.21. The van der Waals surface area contributed by atoms with Gasteiger partial charge in [-0.15, -0.1) is 0 Å². The van der Waals surface area contributed by atoms with Gasteiger partial charge in [-0.05, 0) is 24.1 Å². The topological polar surface area (TPSA) is 62.3 Å². The second-order valence-corrected chi connectivity index (χ2v) is 5.75. The first-order valence-electron chi connectivity index (χ1n) is 8.05. The number of carbonyl (C=O) groups excluding carboxylic acids is 2. The van der Waals surface area contributed by atoms with Gasteiger partial charge in [-0.3, -0.25) is 14.6 Å². The number of hydrogen-bond donors (Lipinski definition) is 1. The Hall–Kier alpha value is -2.69. The molecule has 0 aliphatic heterocycles. The predicted octanol–water partition coefficient (Wildman–Crippen LogP) is 2.70. The Labute approximate surface area is 142 Å². The minimum absolute atomic E-state index is 0.0352. The fourth-order valence-corrected chi connectivity index (χ4v) is 2.42. The Bertz CT molecular complexity index is 659. The third kappa shape index (κ3) is 5.50. The smallest absolute Gasteiger partial charge is 0.222 e. The molecule has 2 rings (SSSR count). The van der Waals surface area contributed by atoms with E-state index in [4.69, 9.17) is 0 Å². The molecule has 24 heavy (non-hydrogen) atoms. The number of carbonyl (C=O) groups is 2. The van der Waals surface area contributed by atoms with Gasteiger partial charge in [0.05, 0.1) is 6.04 Å². The molecule has 0 spiro atoms. The zero-order chi connectivity index (χ0) is 17.4. The Kier molecular flexibility index (Phi) is 6.49. The molecule has 2 aromatic rings. The van der Waals surface area contributed by atoms with Crippen molar-refractivity contribution in [2.45, 2.75) is 32.9 Å². The van der Waals surface area contributed by atoms with E-state index in [9.17, 15) is 9.59 Å². The highest BCUT2D eigenvalue weighted by Crippen LogP contribution is 2.10. The summed E-state index contributed by atoms with van der Waals surface area (Å²) in [7, 11) is 0. The van der Waals surface area contributed by atoms with Crippen molar-refractivity contribution in [2.75, 3.05) is 6.54 Å². The van der Waals surface area contributed by atoms with Crippen LogP contribution < -0.4 is 5.32 Å². The lowest BCUT2D eigenvalue weighted by molar-refractivity contribution is -0.130. The van der Waals surface area contributed by atoms with E-state index in [1.54, 1.807) is 17.3 Å². The van der Waals surface area contributed by atoms with E-state index in [1.807, 2.05) is 49.4 Å². The molecule has 0 aliphatic rings. The minimum atomic E-state index is -0.105. The first-order valence-corrected chi connectivity index (χ1v) is 8.05. The number of nitrogens with zero attached hydrogens (tertiary/aromatic N) is 2. The Morgan fingerprint density at radius 1 is 1.17 bits per heavy atom. The van der Waals surface area contributed by atoms with Crippen LogP contribution in [0.3, 0.4) is 0 Å². The molecule has 5 nitrogen and oxygen atoms in total. The summed E-state index contributed by atoms with van der Waals surface area (Å²) in [6.07, 6.45) is 3.71. The van der Waals surface area contributed by atoms with Gasteiger partial charge >= 0.3 is 0 Å². The molecule has 0 radical (unpaired) electrons. The first kappa shape index (κ1) is 17.7. The lowest BCUT2D eigenvalue weighted by Crippen LogP contribution is -2.34. The van der Waals surface area contributed by atoms with Crippen molar-refractivity contribution in [2.24, 2.45) is 0 Å². The van der Waals surface area contributed by atoms with Gasteiger partial charge in [0.2, 0.25) is 11.8 Å². The van der Waals surface area contributed by atoms with Gasteiger partial charge in [-0.25, -0.2) is 0 Å². The predicted molar refractivity (Wildman–Crippen MR) is 92.9 cm³/mol. The molecule has 0 unspecified atom stereocenters. The van der Waals surface area contributed by atoms with E-state index in [-0.39, 0.29) is 24.3 Å². The molecule has 0 bridgehead atoms. The van der Waals surface area contributed by atoms with Crippen LogP contribution in [0.2, 0.25) is 0 Å². The monoisotopic (exact) mass is 325 g/mol. The molecule has 5 heteroatoms. The lowest BCUT2D eigenvalue weighted by atomic mass is 10.1. The first-order chi connectivity index (χ1) is 11.6. The number of nitrogens with one attached hydrogen (secondary N) is 1. The standard InChI is InChI=1S/C19H23N3O2/c1-15(18-9-6-11-20-13-18)21-19(24)10-12-22(16(2)23)14-17-7-4-3-5-8-17/h3-9,11,13,15H,10,12,14H2,1-2H3,(H,21,24)/t15-/m0/s1. The molecule has 1 atom stereocenters. The van der Waals surface area contributed by atoms with Crippen LogP contribution in [0.15, 0.2) is 54.9 Å². The summed E-state index contributed by atoms with van der Waals surface area (Å²) in [5.74, 6) is -0.113. The van der Waals surface area contributed by atoms with Gasteiger partial charge in [-0.2, -0.15) is 0 Å². The number of amides is 2. The summed E-state index contributed by atoms with van der Waals surface area (Å²) >= 11 is 0. The van der Waals surface area contributed by atoms with Gasteiger partial charge in [0.25, 0.3) is 0 Å². The maximum absolute atomic E-state index is 12.1. The van der Waals surface area contributed by atoms with Gasteiger partial charge in [0.15, 0.2) is 0 Å². The molecule has 1 aromatic heterocycles. The van der Waals surface area contributed by atoms with Crippen LogP contribution in [-0.2, 0) is 16.1 Å². The number of aromatic nitrogens is 1. The largest absolute Gasteiger partial charge is 0.349 e. The zero-order valence-corrected chi connectivity index (χ0v) is 14.1. The average Bonchev–Trinajstić information content (AvgIpc) is 2.60. The van der Waals surface area contributed by atoms with Gasteiger partial charge in [-0.1, -0.05) is 36.4 Å². The van der Waals surface area contributed by atoms with Crippen molar-refractivity contribution in [3.05, 3.63) is 66.0 Å². The number of rotatable bonds is 7. The maximum atomic E-state index is 12.1. The van der Waals surface area contributed by atoms with Gasteiger partial charge in [0.1, 0.15) is 0 Å².